The molecule has 2 nitrogen and oxygen atoms in total. The lowest BCUT2D eigenvalue weighted by Crippen LogP contribution is -2.05. The fraction of sp³-hybridized carbons (Fsp3) is 0.462. The van der Waals surface area contributed by atoms with E-state index in [0.717, 1.165) is 25.2 Å². The van der Waals surface area contributed by atoms with Crippen molar-refractivity contribution in [2.45, 2.75) is 25.2 Å². The van der Waals surface area contributed by atoms with Crippen molar-refractivity contribution in [3.05, 3.63) is 29.3 Å². The largest absolute Gasteiger partial charge is 0.493 e. The molecular formula is C13H13NO. The van der Waals surface area contributed by atoms with Gasteiger partial charge in [0.2, 0.25) is 0 Å². The molecule has 1 saturated carbocycles. The Balaban J connectivity index is 2.05. The Morgan fingerprint density at radius 3 is 3.00 bits per heavy atom. The predicted octanol–water partition coefficient (Wildman–Crippen LogP) is 2.42. The average molecular weight is 199 g/mol. The molecule has 1 heterocycles. The number of ether oxygens (including phenoxy) is 1. The van der Waals surface area contributed by atoms with E-state index in [-0.39, 0.29) is 5.41 Å². The lowest BCUT2D eigenvalue weighted by atomic mass is 9.93. The van der Waals surface area contributed by atoms with Crippen molar-refractivity contribution in [1.29, 1.82) is 5.26 Å². The van der Waals surface area contributed by atoms with Gasteiger partial charge in [0.1, 0.15) is 5.75 Å². The fourth-order valence-electron chi connectivity index (χ4n) is 2.51. The smallest absolute Gasteiger partial charge is 0.122 e. The van der Waals surface area contributed by atoms with Crippen molar-refractivity contribution in [2.75, 3.05) is 6.61 Å². The van der Waals surface area contributed by atoms with Gasteiger partial charge in [-0.2, -0.15) is 5.26 Å². The zero-order valence-electron chi connectivity index (χ0n) is 8.79. The van der Waals surface area contributed by atoms with E-state index in [1.54, 1.807) is 0 Å². The van der Waals surface area contributed by atoms with Crippen LogP contribution in [0.5, 0.6) is 5.75 Å². The molecule has 0 saturated heterocycles. The van der Waals surface area contributed by atoms with Crippen LogP contribution in [-0.4, -0.2) is 6.61 Å². The molecule has 76 valence electrons. The molecule has 1 aliphatic heterocycles. The fourth-order valence-corrected chi connectivity index (χ4v) is 2.51. The molecule has 1 aromatic rings. The molecule has 0 bridgehead atoms. The van der Waals surface area contributed by atoms with Gasteiger partial charge in [-0.25, -0.2) is 0 Å². The van der Waals surface area contributed by atoms with Crippen LogP contribution in [0.15, 0.2) is 18.2 Å². The lowest BCUT2D eigenvalue weighted by Gasteiger charge is -2.09. The normalized spacial score (nSPS) is 31.6. The monoisotopic (exact) mass is 199 g/mol. The molecule has 2 atom stereocenters. The van der Waals surface area contributed by atoms with E-state index in [0.29, 0.717) is 5.92 Å². The van der Waals surface area contributed by atoms with Gasteiger partial charge in [0.25, 0.3) is 0 Å². The molecule has 3 rings (SSSR count). The minimum absolute atomic E-state index is 0.197. The van der Waals surface area contributed by atoms with Gasteiger partial charge in [0.15, 0.2) is 0 Å². The first kappa shape index (κ1) is 8.79. The molecule has 1 fully saturated rings. The number of benzene rings is 1. The molecule has 0 amide bonds. The molecule has 0 radical (unpaired) electrons. The van der Waals surface area contributed by atoms with E-state index in [4.69, 9.17) is 4.74 Å². The molecule has 1 aliphatic carbocycles. The van der Waals surface area contributed by atoms with E-state index in [9.17, 15) is 5.26 Å². The highest BCUT2D eigenvalue weighted by molar-refractivity contribution is 5.48. The maximum Gasteiger partial charge on any atom is 0.122 e. The van der Waals surface area contributed by atoms with Gasteiger partial charge in [0, 0.05) is 6.42 Å². The molecular weight excluding hydrogens is 186 g/mol. The Hall–Kier alpha value is -1.49. The topological polar surface area (TPSA) is 33.0 Å². The maximum atomic E-state index is 9.25. The van der Waals surface area contributed by atoms with Gasteiger partial charge in [-0.1, -0.05) is 19.1 Å². The highest BCUT2D eigenvalue weighted by atomic mass is 16.5. The summed E-state index contributed by atoms with van der Waals surface area (Å²) in [5, 5.41) is 9.25. The Kier molecular flexibility index (Phi) is 1.62. The standard InChI is InChI=1S/C13H13NO/c1-9-7-13(9,8-14)11-2-3-12-10(6-11)4-5-15-12/h2-3,6,9H,4-5,7H2,1H3. The molecule has 2 unspecified atom stereocenters. The van der Waals surface area contributed by atoms with Gasteiger partial charge < -0.3 is 4.74 Å². The first-order chi connectivity index (χ1) is 7.26. The highest BCUT2D eigenvalue weighted by Crippen LogP contribution is 2.54. The highest BCUT2D eigenvalue weighted by Gasteiger charge is 2.53. The van der Waals surface area contributed by atoms with Gasteiger partial charge in [0.05, 0.1) is 18.1 Å². The first-order valence-corrected chi connectivity index (χ1v) is 5.44. The Morgan fingerprint density at radius 2 is 2.33 bits per heavy atom. The van der Waals surface area contributed by atoms with Crippen LogP contribution in [0.25, 0.3) is 0 Å². The number of nitriles is 1. The van der Waals surface area contributed by atoms with Crippen molar-refractivity contribution in [2.24, 2.45) is 5.92 Å². The molecule has 1 aromatic carbocycles. The van der Waals surface area contributed by atoms with Crippen molar-refractivity contribution in [3.63, 3.8) is 0 Å². The van der Waals surface area contributed by atoms with Gasteiger partial charge >= 0.3 is 0 Å². The predicted molar refractivity (Wildman–Crippen MR) is 56.7 cm³/mol. The first-order valence-electron chi connectivity index (χ1n) is 5.44. The van der Waals surface area contributed by atoms with Crippen LogP contribution in [0.2, 0.25) is 0 Å². The lowest BCUT2D eigenvalue weighted by molar-refractivity contribution is 0.357. The second-order valence-electron chi connectivity index (χ2n) is 4.61. The van der Waals surface area contributed by atoms with Gasteiger partial charge in [-0.15, -0.1) is 0 Å². The molecule has 15 heavy (non-hydrogen) atoms. The summed E-state index contributed by atoms with van der Waals surface area (Å²) in [6.45, 7) is 2.93. The summed E-state index contributed by atoms with van der Waals surface area (Å²) in [5.41, 5.74) is 2.25. The average Bonchev–Trinajstić information content (AvgIpc) is 2.74. The van der Waals surface area contributed by atoms with E-state index < -0.39 is 0 Å². The summed E-state index contributed by atoms with van der Waals surface area (Å²) in [6.07, 6.45) is 1.99. The molecule has 0 aromatic heterocycles. The van der Waals surface area contributed by atoms with E-state index >= 15 is 0 Å². The summed E-state index contributed by atoms with van der Waals surface area (Å²) >= 11 is 0. The number of rotatable bonds is 1. The molecule has 0 spiro atoms. The van der Waals surface area contributed by atoms with E-state index in [1.807, 2.05) is 6.07 Å². The van der Waals surface area contributed by atoms with Crippen molar-refractivity contribution >= 4 is 0 Å². The Morgan fingerprint density at radius 1 is 1.53 bits per heavy atom. The minimum Gasteiger partial charge on any atom is -0.493 e. The van der Waals surface area contributed by atoms with Crippen LogP contribution < -0.4 is 4.74 Å². The quantitative estimate of drug-likeness (QED) is 0.696. The number of hydrogen-bond donors (Lipinski definition) is 0. The summed E-state index contributed by atoms with van der Waals surface area (Å²) in [6, 6.07) is 8.70. The SMILES string of the molecule is CC1CC1(C#N)c1ccc2c(c1)CCO2. The Labute approximate surface area is 89.5 Å². The third-order valence-corrected chi connectivity index (χ3v) is 3.71. The van der Waals surface area contributed by atoms with Crippen LogP contribution >= 0.6 is 0 Å². The van der Waals surface area contributed by atoms with Crippen LogP contribution in [0.1, 0.15) is 24.5 Å². The second-order valence-corrected chi connectivity index (χ2v) is 4.61. The number of hydrogen-bond acceptors (Lipinski definition) is 2. The Bertz CT molecular complexity index is 460. The zero-order chi connectivity index (χ0) is 10.5. The molecule has 2 heteroatoms. The van der Waals surface area contributed by atoms with Crippen LogP contribution in [-0.2, 0) is 11.8 Å². The summed E-state index contributed by atoms with van der Waals surface area (Å²) in [7, 11) is 0. The maximum absolute atomic E-state index is 9.25. The van der Waals surface area contributed by atoms with Gasteiger partial charge in [-0.05, 0) is 29.5 Å². The van der Waals surface area contributed by atoms with Crippen molar-refractivity contribution in [1.82, 2.24) is 0 Å². The van der Waals surface area contributed by atoms with Crippen molar-refractivity contribution < 1.29 is 4.74 Å². The second kappa shape index (κ2) is 2.76. The molecule has 0 N–H and O–H groups in total. The number of fused-ring (bicyclic) bond motifs is 1. The summed E-state index contributed by atoms with van der Waals surface area (Å²) in [4.78, 5) is 0. The molecule has 2 aliphatic rings. The van der Waals surface area contributed by atoms with Gasteiger partial charge in [-0.3, -0.25) is 0 Å². The van der Waals surface area contributed by atoms with Crippen LogP contribution in [0.3, 0.4) is 0 Å². The minimum atomic E-state index is -0.197. The van der Waals surface area contributed by atoms with Crippen LogP contribution in [0.4, 0.5) is 0 Å². The summed E-state index contributed by atoms with van der Waals surface area (Å²) < 4.78 is 5.46. The van der Waals surface area contributed by atoms with Crippen molar-refractivity contribution in [3.8, 4) is 11.8 Å². The zero-order valence-corrected chi connectivity index (χ0v) is 8.79. The van der Waals surface area contributed by atoms with E-state index in [2.05, 4.69) is 25.1 Å². The van der Waals surface area contributed by atoms with E-state index in [1.165, 1.54) is 11.1 Å². The number of nitrogens with zero attached hydrogens (tertiary/aromatic N) is 1. The third kappa shape index (κ3) is 1.10. The third-order valence-electron chi connectivity index (χ3n) is 3.71. The summed E-state index contributed by atoms with van der Waals surface area (Å²) in [5.74, 6) is 1.50. The van der Waals surface area contributed by atoms with Crippen LogP contribution in [0, 0.1) is 17.2 Å².